The number of H-pyrrole nitrogens is 1. The third kappa shape index (κ3) is 3.98. The number of alkyl halides is 3. The minimum Gasteiger partial charge on any atom is -0.496 e. The van der Waals surface area contributed by atoms with Crippen LogP contribution in [0.3, 0.4) is 0 Å². The van der Waals surface area contributed by atoms with Gasteiger partial charge >= 0.3 is 12.1 Å². The molecular weight excluding hydrogens is 353 g/mol. The number of ether oxygens (including phenoxy) is 2. The van der Waals surface area contributed by atoms with E-state index in [1.54, 1.807) is 6.92 Å². The normalized spacial score (nSPS) is 11.8. The Kier molecular flexibility index (Phi) is 5.59. The summed E-state index contributed by atoms with van der Waals surface area (Å²) in [6.45, 7) is 1.64. The van der Waals surface area contributed by atoms with Gasteiger partial charge in [-0.15, -0.1) is 0 Å². The molecule has 0 saturated carbocycles. The van der Waals surface area contributed by atoms with Crippen molar-refractivity contribution >= 4 is 22.8 Å². The highest BCUT2D eigenvalue weighted by Gasteiger charge is 2.35. The van der Waals surface area contributed by atoms with Gasteiger partial charge in [-0.1, -0.05) is 6.08 Å². The maximum atomic E-state index is 13.1. The van der Waals surface area contributed by atoms with Crippen LogP contribution >= 0.6 is 0 Å². The van der Waals surface area contributed by atoms with Gasteiger partial charge in [0.2, 0.25) is 0 Å². The molecule has 2 rings (SSSR count). The standard InChI is InChI=1S/C17H17F3N2O4/c1-9-15(16(24)21-6-4-5-14(23)26-3)10-7-13(25-2)11(17(18,19)20)8-12(10)22-9/h4-5,7-8,22H,6H2,1-3H3,(H,21,24)/b5-4+. The predicted octanol–water partition coefficient (Wildman–Crippen LogP) is 2.96. The maximum Gasteiger partial charge on any atom is 0.420 e. The molecule has 1 heterocycles. The highest BCUT2D eigenvalue weighted by Crippen LogP contribution is 2.39. The van der Waals surface area contributed by atoms with Gasteiger partial charge in [-0.25, -0.2) is 4.79 Å². The molecule has 0 spiro atoms. The van der Waals surface area contributed by atoms with Crippen molar-refractivity contribution in [1.29, 1.82) is 0 Å². The van der Waals surface area contributed by atoms with Gasteiger partial charge in [-0.2, -0.15) is 13.2 Å². The van der Waals surface area contributed by atoms with E-state index >= 15 is 0 Å². The van der Waals surface area contributed by atoms with Crippen molar-refractivity contribution in [3.8, 4) is 5.75 Å². The number of aromatic amines is 1. The molecule has 2 N–H and O–H groups in total. The largest absolute Gasteiger partial charge is 0.496 e. The van der Waals surface area contributed by atoms with Crippen molar-refractivity contribution in [1.82, 2.24) is 10.3 Å². The third-order valence-electron chi connectivity index (χ3n) is 3.67. The Bertz CT molecular complexity index is 869. The summed E-state index contributed by atoms with van der Waals surface area (Å²) in [5, 5.41) is 2.87. The first-order valence-electron chi connectivity index (χ1n) is 7.49. The van der Waals surface area contributed by atoms with Crippen LogP contribution in [0.2, 0.25) is 0 Å². The second-order valence-electron chi connectivity index (χ2n) is 5.36. The summed E-state index contributed by atoms with van der Waals surface area (Å²) in [7, 11) is 2.36. The number of carbonyl (C=O) groups excluding carboxylic acids is 2. The van der Waals surface area contributed by atoms with Crippen molar-refractivity contribution in [2.75, 3.05) is 20.8 Å². The number of rotatable bonds is 5. The van der Waals surface area contributed by atoms with Gasteiger partial charge in [0.15, 0.2) is 0 Å². The topological polar surface area (TPSA) is 80.4 Å². The van der Waals surface area contributed by atoms with E-state index in [-0.39, 0.29) is 23.4 Å². The van der Waals surface area contributed by atoms with E-state index in [0.717, 1.165) is 19.3 Å². The average Bonchev–Trinajstić information content (AvgIpc) is 2.91. The van der Waals surface area contributed by atoms with Crippen LogP contribution in [0, 0.1) is 6.92 Å². The lowest BCUT2D eigenvalue weighted by Crippen LogP contribution is -2.24. The number of hydrogen-bond donors (Lipinski definition) is 2. The molecule has 0 aliphatic carbocycles. The zero-order valence-corrected chi connectivity index (χ0v) is 14.3. The summed E-state index contributed by atoms with van der Waals surface area (Å²) in [4.78, 5) is 26.1. The average molecular weight is 370 g/mol. The number of benzene rings is 1. The SMILES string of the molecule is COC(=O)/C=C/CNC(=O)c1c(C)[nH]c2cc(C(F)(F)F)c(OC)cc12. The summed E-state index contributed by atoms with van der Waals surface area (Å²) < 4.78 is 48.6. The second-order valence-corrected chi connectivity index (χ2v) is 5.36. The van der Waals surface area contributed by atoms with E-state index in [2.05, 4.69) is 15.0 Å². The summed E-state index contributed by atoms with van der Waals surface area (Å²) in [6.07, 6.45) is -2.03. The van der Waals surface area contributed by atoms with E-state index in [9.17, 15) is 22.8 Å². The van der Waals surface area contributed by atoms with Gasteiger partial charge in [-0.3, -0.25) is 4.79 Å². The van der Waals surface area contributed by atoms with E-state index < -0.39 is 23.6 Å². The first-order valence-corrected chi connectivity index (χ1v) is 7.49. The van der Waals surface area contributed by atoms with E-state index in [4.69, 9.17) is 4.74 Å². The molecule has 9 heteroatoms. The monoisotopic (exact) mass is 370 g/mol. The minimum absolute atomic E-state index is 0.0534. The Labute approximate surface area is 147 Å². The Morgan fingerprint density at radius 3 is 2.54 bits per heavy atom. The van der Waals surface area contributed by atoms with Gasteiger partial charge < -0.3 is 19.8 Å². The number of methoxy groups -OCH3 is 2. The highest BCUT2D eigenvalue weighted by molar-refractivity contribution is 6.08. The maximum absolute atomic E-state index is 13.1. The summed E-state index contributed by atoms with van der Waals surface area (Å²) in [5.74, 6) is -1.43. The molecule has 26 heavy (non-hydrogen) atoms. The zero-order chi connectivity index (χ0) is 19.5. The number of carbonyl (C=O) groups is 2. The zero-order valence-electron chi connectivity index (χ0n) is 14.3. The molecule has 2 aromatic rings. The minimum atomic E-state index is -4.58. The third-order valence-corrected chi connectivity index (χ3v) is 3.67. The predicted molar refractivity (Wildman–Crippen MR) is 88.1 cm³/mol. The van der Waals surface area contributed by atoms with Crippen LogP contribution in [0.4, 0.5) is 13.2 Å². The van der Waals surface area contributed by atoms with Crippen LogP contribution in [0.1, 0.15) is 21.6 Å². The molecule has 0 radical (unpaired) electrons. The Balaban J connectivity index is 2.36. The molecule has 1 aromatic carbocycles. The van der Waals surface area contributed by atoms with Gasteiger partial charge in [0, 0.05) is 29.2 Å². The quantitative estimate of drug-likeness (QED) is 0.626. The second kappa shape index (κ2) is 7.51. The number of amides is 1. The van der Waals surface area contributed by atoms with E-state index in [0.29, 0.717) is 11.1 Å². The lowest BCUT2D eigenvalue weighted by Gasteiger charge is -2.12. The van der Waals surface area contributed by atoms with Crippen molar-refractivity contribution < 1.29 is 32.2 Å². The fraction of sp³-hybridized carbons (Fsp3) is 0.294. The first kappa shape index (κ1) is 19.4. The molecule has 0 aliphatic rings. The number of halogens is 3. The number of aryl methyl sites for hydroxylation is 1. The van der Waals surface area contributed by atoms with E-state index in [1.807, 2.05) is 0 Å². The molecular formula is C17H17F3N2O4. The van der Waals surface area contributed by atoms with Crippen LogP contribution in [0.15, 0.2) is 24.3 Å². The fourth-order valence-corrected chi connectivity index (χ4v) is 2.50. The molecule has 0 fully saturated rings. The lowest BCUT2D eigenvalue weighted by molar-refractivity contribution is -0.138. The summed E-state index contributed by atoms with van der Waals surface area (Å²) in [6, 6.07) is 2.09. The van der Waals surface area contributed by atoms with Gasteiger partial charge in [0.25, 0.3) is 5.91 Å². The van der Waals surface area contributed by atoms with Crippen molar-refractivity contribution in [2.24, 2.45) is 0 Å². The molecule has 6 nitrogen and oxygen atoms in total. The molecule has 0 atom stereocenters. The molecule has 0 saturated heterocycles. The summed E-state index contributed by atoms with van der Waals surface area (Å²) in [5.41, 5.74) is -0.137. The van der Waals surface area contributed by atoms with Gasteiger partial charge in [0.05, 0.1) is 25.3 Å². The Morgan fingerprint density at radius 1 is 1.27 bits per heavy atom. The lowest BCUT2D eigenvalue weighted by atomic mass is 10.1. The number of nitrogens with one attached hydrogen (secondary N) is 2. The fourth-order valence-electron chi connectivity index (χ4n) is 2.50. The van der Waals surface area contributed by atoms with Crippen LogP contribution in [-0.4, -0.2) is 37.6 Å². The number of hydrogen-bond acceptors (Lipinski definition) is 4. The highest BCUT2D eigenvalue weighted by atomic mass is 19.4. The smallest absolute Gasteiger partial charge is 0.420 e. The molecule has 140 valence electrons. The molecule has 0 unspecified atom stereocenters. The van der Waals surface area contributed by atoms with Crippen molar-refractivity contribution in [2.45, 2.75) is 13.1 Å². The Morgan fingerprint density at radius 2 is 1.96 bits per heavy atom. The van der Waals surface area contributed by atoms with Crippen LogP contribution in [0.5, 0.6) is 5.75 Å². The van der Waals surface area contributed by atoms with Crippen LogP contribution in [-0.2, 0) is 15.7 Å². The van der Waals surface area contributed by atoms with Crippen LogP contribution < -0.4 is 10.1 Å². The number of esters is 1. The Hall–Kier alpha value is -2.97. The van der Waals surface area contributed by atoms with Crippen molar-refractivity contribution in [3.63, 3.8) is 0 Å². The van der Waals surface area contributed by atoms with E-state index in [1.165, 1.54) is 19.3 Å². The van der Waals surface area contributed by atoms with Crippen LogP contribution in [0.25, 0.3) is 10.9 Å². The number of fused-ring (bicyclic) bond motifs is 1. The van der Waals surface area contributed by atoms with Gasteiger partial charge in [-0.05, 0) is 19.1 Å². The molecule has 0 bridgehead atoms. The van der Waals surface area contributed by atoms with Crippen molar-refractivity contribution in [3.05, 3.63) is 41.1 Å². The molecule has 1 amide bonds. The number of aromatic nitrogens is 1. The first-order chi connectivity index (χ1) is 12.2. The summed E-state index contributed by atoms with van der Waals surface area (Å²) >= 11 is 0. The van der Waals surface area contributed by atoms with Gasteiger partial charge in [0.1, 0.15) is 5.75 Å². The molecule has 1 aromatic heterocycles. The molecule has 0 aliphatic heterocycles.